The highest BCUT2D eigenvalue weighted by Crippen LogP contribution is 2.46. The molecular weight excluding hydrogens is 431 g/mol. The van der Waals surface area contributed by atoms with E-state index in [1.165, 1.54) is 11.8 Å². The van der Waals surface area contributed by atoms with Crippen molar-refractivity contribution in [3.05, 3.63) is 86.8 Å². The molecule has 7 heteroatoms. The molecule has 2 atom stereocenters. The van der Waals surface area contributed by atoms with Crippen LogP contribution >= 0.6 is 35.0 Å². The number of carbonyl (C=O) groups is 2. The lowest BCUT2D eigenvalue weighted by molar-refractivity contribution is -0.147. The van der Waals surface area contributed by atoms with E-state index in [0.717, 1.165) is 5.56 Å². The number of carboxylic acids is 2. The number of allylic oxidation sites excluding steroid dienone is 1. The number of thioether (sulfide) groups is 1. The van der Waals surface area contributed by atoms with Gasteiger partial charge in [-0.2, -0.15) is 0 Å². The fourth-order valence-corrected chi connectivity index (χ4v) is 5.18. The summed E-state index contributed by atoms with van der Waals surface area (Å²) >= 11 is 13.3. The Bertz CT molecular complexity index is 996. The third-order valence-corrected chi connectivity index (χ3v) is 6.28. The fourth-order valence-electron chi connectivity index (χ4n) is 3.39. The standard InChI is InChI=1S/C22H18Cl2O4S/c1-22(21(27)28)12-17(29-16-9-14(23)8-15(24)10-16)11-18(20(25)26)19(22)7-13-5-3-2-4-6-13/h2-6,8-12,19H,7H2,1H3,(H,25,26)(H,27,28). The Kier molecular flexibility index (Phi) is 6.42. The van der Waals surface area contributed by atoms with Crippen LogP contribution in [-0.4, -0.2) is 22.2 Å². The second-order valence-electron chi connectivity index (χ2n) is 6.99. The maximum atomic E-state index is 12.2. The van der Waals surface area contributed by atoms with Gasteiger partial charge in [0, 0.05) is 31.3 Å². The molecule has 1 aliphatic rings. The van der Waals surface area contributed by atoms with Gasteiger partial charge in [-0.15, -0.1) is 0 Å². The van der Waals surface area contributed by atoms with Gasteiger partial charge >= 0.3 is 11.9 Å². The Hall–Kier alpha value is -2.21. The highest BCUT2D eigenvalue weighted by molar-refractivity contribution is 8.03. The smallest absolute Gasteiger partial charge is 0.331 e. The van der Waals surface area contributed by atoms with Crippen molar-refractivity contribution in [1.29, 1.82) is 0 Å². The predicted octanol–water partition coefficient (Wildman–Crippen LogP) is 5.94. The molecule has 0 aliphatic heterocycles. The average molecular weight is 449 g/mol. The molecule has 0 aromatic heterocycles. The monoisotopic (exact) mass is 448 g/mol. The molecule has 0 saturated carbocycles. The van der Waals surface area contributed by atoms with Crippen molar-refractivity contribution in [2.45, 2.75) is 18.2 Å². The Morgan fingerprint density at radius 3 is 2.24 bits per heavy atom. The third kappa shape index (κ3) is 4.86. The van der Waals surface area contributed by atoms with Crippen molar-refractivity contribution >= 4 is 46.9 Å². The number of carboxylic acid groups (broad SMARTS) is 2. The number of hydrogen-bond acceptors (Lipinski definition) is 3. The second-order valence-corrected chi connectivity index (χ2v) is 9.01. The van der Waals surface area contributed by atoms with E-state index in [1.807, 2.05) is 30.3 Å². The summed E-state index contributed by atoms with van der Waals surface area (Å²) in [6, 6.07) is 14.3. The molecular formula is C22H18Cl2O4S. The number of aliphatic carboxylic acids is 2. The largest absolute Gasteiger partial charge is 0.481 e. The number of benzene rings is 2. The Balaban J connectivity index is 2.03. The molecule has 1 aliphatic carbocycles. The summed E-state index contributed by atoms with van der Waals surface area (Å²) in [5.74, 6) is -2.92. The molecule has 2 unspecified atom stereocenters. The molecule has 4 nitrogen and oxygen atoms in total. The first-order valence-corrected chi connectivity index (χ1v) is 10.4. The van der Waals surface area contributed by atoms with Crippen LogP contribution in [0.4, 0.5) is 0 Å². The quantitative estimate of drug-likeness (QED) is 0.571. The Labute approximate surface area is 182 Å². The summed E-state index contributed by atoms with van der Waals surface area (Å²) < 4.78 is 0. The van der Waals surface area contributed by atoms with Crippen molar-refractivity contribution in [3.63, 3.8) is 0 Å². The van der Waals surface area contributed by atoms with E-state index in [9.17, 15) is 19.8 Å². The first-order valence-electron chi connectivity index (χ1n) is 8.78. The number of halogens is 2. The zero-order chi connectivity index (χ0) is 21.2. The van der Waals surface area contributed by atoms with E-state index < -0.39 is 23.3 Å². The van der Waals surface area contributed by atoms with Gasteiger partial charge in [0.15, 0.2) is 0 Å². The highest BCUT2D eigenvalue weighted by atomic mass is 35.5. The van der Waals surface area contributed by atoms with Gasteiger partial charge in [0.2, 0.25) is 0 Å². The average Bonchev–Trinajstić information content (AvgIpc) is 2.63. The van der Waals surface area contributed by atoms with E-state index >= 15 is 0 Å². The minimum Gasteiger partial charge on any atom is -0.481 e. The van der Waals surface area contributed by atoms with Crippen LogP contribution in [0.25, 0.3) is 0 Å². The summed E-state index contributed by atoms with van der Waals surface area (Å²) in [6.07, 6.45) is 3.47. The third-order valence-electron chi connectivity index (χ3n) is 4.90. The van der Waals surface area contributed by atoms with Gasteiger partial charge in [0.05, 0.1) is 5.41 Å². The summed E-state index contributed by atoms with van der Waals surface area (Å²) in [5.41, 5.74) is -0.441. The first-order chi connectivity index (χ1) is 13.7. The molecule has 2 aromatic rings. The zero-order valence-corrected chi connectivity index (χ0v) is 17.8. The molecule has 0 amide bonds. The maximum absolute atomic E-state index is 12.2. The number of rotatable bonds is 6. The SMILES string of the molecule is CC1(C(=O)O)C=C(Sc2cc(Cl)cc(Cl)c2)C=C(C(=O)O)C1Cc1ccccc1. The highest BCUT2D eigenvalue weighted by Gasteiger charge is 2.46. The van der Waals surface area contributed by atoms with Gasteiger partial charge in [-0.05, 0) is 43.2 Å². The van der Waals surface area contributed by atoms with E-state index in [1.54, 1.807) is 37.3 Å². The van der Waals surface area contributed by atoms with Crippen LogP contribution in [0.3, 0.4) is 0 Å². The lowest BCUT2D eigenvalue weighted by Crippen LogP contribution is -2.40. The predicted molar refractivity (Wildman–Crippen MR) is 115 cm³/mol. The van der Waals surface area contributed by atoms with Crippen LogP contribution in [0.1, 0.15) is 12.5 Å². The van der Waals surface area contributed by atoms with E-state index in [-0.39, 0.29) is 5.57 Å². The van der Waals surface area contributed by atoms with Gasteiger partial charge in [0.1, 0.15) is 0 Å². The molecule has 29 heavy (non-hydrogen) atoms. The fraction of sp³-hybridized carbons (Fsp3) is 0.182. The molecule has 2 aromatic carbocycles. The second kappa shape index (κ2) is 8.66. The van der Waals surface area contributed by atoms with E-state index in [4.69, 9.17) is 23.2 Å². The first kappa shape index (κ1) is 21.5. The van der Waals surface area contributed by atoms with Crippen LogP contribution in [0, 0.1) is 11.3 Å². The minimum absolute atomic E-state index is 0.0666. The van der Waals surface area contributed by atoms with Gasteiger partial charge in [-0.3, -0.25) is 4.79 Å². The minimum atomic E-state index is -1.39. The molecule has 0 spiro atoms. The molecule has 2 N–H and O–H groups in total. The van der Waals surface area contributed by atoms with Crippen molar-refractivity contribution < 1.29 is 19.8 Å². The molecule has 0 fully saturated rings. The van der Waals surface area contributed by atoms with Crippen molar-refractivity contribution in [3.8, 4) is 0 Å². The van der Waals surface area contributed by atoms with Crippen molar-refractivity contribution in [2.24, 2.45) is 11.3 Å². The molecule has 0 radical (unpaired) electrons. The molecule has 0 saturated heterocycles. The molecule has 0 bridgehead atoms. The van der Waals surface area contributed by atoms with Crippen molar-refractivity contribution in [1.82, 2.24) is 0 Å². The Morgan fingerprint density at radius 2 is 1.69 bits per heavy atom. The summed E-state index contributed by atoms with van der Waals surface area (Å²) in [6.45, 7) is 1.56. The number of hydrogen-bond donors (Lipinski definition) is 2. The molecule has 3 rings (SSSR count). The lowest BCUT2D eigenvalue weighted by Gasteiger charge is -2.35. The van der Waals surface area contributed by atoms with E-state index in [0.29, 0.717) is 26.3 Å². The molecule has 150 valence electrons. The maximum Gasteiger partial charge on any atom is 0.331 e. The van der Waals surface area contributed by atoms with Gasteiger partial charge < -0.3 is 10.2 Å². The normalized spacial score (nSPS) is 21.3. The zero-order valence-electron chi connectivity index (χ0n) is 15.4. The van der Waals surface area contributed by atoms with Crippen molar-refractivity contribution in [2.75, 3.05) is 0 Å². The van der Waals surface area contributed by atoms with Crippen LogP contribution in [-0.2, 0) is 16.0 Å². The van der Waals surface area contributed by atoms with Gasteiger partial charge in [-0.1, -0.05) is 71.4 Å². The Morgan fingerprint density at radius 1 is 1.07 bits per heavy atom. The molecule has 0 heterocycles. The van der Waals surface area contributed by atoms with Gasteiger partial charge in [0.25, 0.3) is 0 Å². The summed E-state index contributed by atoms with van der Waals surface area (Å²) in [7, 11) is 0. The van der Waals surface area contributed by atoms with Crippen LogP contribution < -0.4 is 0 Å². The van der Waals surface area contributed by atoms with Crippen LogP contribution in [0.15, 0.2) is 76.1 Å². The lowest BCUT2D eigenvalue weighted by atomic mass is 9.68. The topological polar surface area (TPSA) is 74.6 Å². The van der Waals surface area contributed by atoms with Gasteiger partial charge in [-0.25, -0.2) is 4.79 Å². The van der Waals surface area contributed by atoms with Crippen LogP contribution in [0.2, 0.25) is 10.0 Å². The summed E-state index contributed by atoms with van der Waals surface area (Å²) in [4.78, 5) is 25.5. The van der Waals surface area contributed by atoms with E-state index in [2.05, 4.69) is 0 Å². The summed E-state index contributed by atoms with van der Waals surface area (Å²) in [5, 5.41) is 20.7. The van der Waals surface area contributed by atoms with Crippen LogP contribution in [0.5, 0.6) is 0 Å².